The Balaban J connectivity index is 1.35. The number of morpholine rings is 1. The van der Waals surface area contributed by atoms with Crippen molar-refractivity contribution in [3.05, 3.63) is 42.6 Å². The van der Waals surface area contributed by atoms with Crippen LogP contribution in [0.5, 0.6) is 0 Å². The lowest BCUT2D eigenvalue weighted by molar-refractivity contribution is 0.0335. The minimum Gasteiger partial charge on any atom is -0.379 e. The fourth-order valence-corrected chi connectivity index (χ4v) is 3.64. The van der Waals surface area contributed by atoms with Crippen molar-refractivity contribution in [1.29, 1.82) is 0 Å². The predicted octanol–water partition coefficient (Wildman–Crippen LogP) is 0.919. The number of nitrogens with one attached hydrogen (secondary N) is 3. The molecule has 3 N–H and O–H groups in total. The van der Waals surface area contributed by atoms with Gasteiger partial charge in [0.1, 0.15) is 5.65 Å². The van der Waals surface area contributed by atoms with E-state index >= 15 is 0 Å². The number of rotatable bonds is 5. The van der Waals surface area contributed by atoms with Crippen molar-refractivity contribution in [2.24, 2.45) is 7.05 Å². The van der Waals surface area contributed by atoms with Gasteiger partial charge >= 0.3 is 0 Å². The first kappa shape index (κ1) is 17.2. The zero-order valence-electron chi connectivity index (χ0n) is 15.9. The van der Waals surface area contributed by atoms with Crippen molar-refractivity contribution in [1.82, 2.24) is 40.6 Å². The van der Waals surface area contributed by atoms with E-state index < -0.39 is 0 Å². The van der Waals surface area contributed by atoms with Gasteiger partial charge in [0.25, 0.3) is 0 Å². The van der Waals surface area contributed by atoms with Crippen LogP contribution in [0.2, 0.25) is 0 Å². The average molecular weight is 380 g/mol. The molecule has 3 aromatic heterocycles. The van der Waals surface area contributed by atoms with Crippen molar-refractivity contribution < 1.29 is 4.74 Å². The number of aryl methyl sites for hydroxylation is 1. The molecule has 0 atom stereocenters. The average Bonchev–Trinajstić information content (AvgIpc) is 3.46. The predicted molar refractivity (Wildman–Crippen MR) is 107 cm³/mol. The first-order chi connectivity index (χ1) is 13.8. The van der Waals surface area contributed by atoms with Crippen molar-refractivity contribution in [3.63, 3.8) is 0 Å². The molecule has 1 fully saturated rings. The number of aromatic amines is 1. The van der Waals surface area contributed by atoms with E-state index in [-0.39, 0.29) is 0 Å². The van der Waals surface area contributed by atoms with Crippen LogP contribution in [0.3, 0.4) is 0 Å². The smallest absolute Gasteiger partial charge is 0.137 e. The summed E-state index contributed by atoms with van der Waals surface area (Å²) in [5, 5.41) is 7.42. The zero-order chi connectivity index (χ0) is 18.9. The van der Waals surface area contributed by atoms with Crippen molar-refractivity contribution in [3.8, 4) is 11.1 Å². The maximum atomic E-state index is 5.41. The normalized spacial score (nSPS) is 17.9. The summed E-state index contributed by atoms with van der Waals surface area (Å²) < 4.78 is 7.21. The Kier molecular flexibility index (Phi) is 4.47. The van der Waals surface area contributed by atoms with Gasteiger partial charge in [-0.1, -0.05) is 0 Å². The molecule has 9 heteroatoms. The molecule has 3 aromatic rings. The van der Waals surface area contributed by atoms with Gasteiger partial charge in [-0.25, -0.2) is 4.98 Å². The molecule has 5 heterocycles. The minimum absolute atomic E-state index is 0.828. The topological polar surface area (TPSA) is 86.3 Å². The van der Waals surface area contributed by atoms with E-state index in [0.717, 1.165) is 72.8 Å². The van der Waals surface area contributed by atoms with Crippen LogP contribution in [0.1, 0.15) is 5.56 Å². The number of fused-ring (bicyclic) bond motifs is 1. The van der Waals surface area contributed by atoms with Gasteiger partial charge in [-0.05, 0) is 6.07 Å². The van der Waals surface area contributed by atoms with Crippen LogP contribution in [0.15, 0.2) is 37.1 Å². The first-order valence-electron chi connectivity index (χ1n) is 9.53. The van der Waals surface area contributed by atoms with Crippen molar-refractivity contribution >= 4 is 16.7 Å². The molecule has 0 radical (unpaired) electrons. The Hall–Kier alpha value is -2.88. The number of ether oxygens (including phenoxy) is 1. The fourth-order valence-electron chi connectivity index (χ4n) is 3.64. The van der Waals surface area contributed by atoms with Gasteiger partial charge in [0, 0.05) is 80.1 Å². The van der Waals surface area contributed by atoms with Crippen LogP contribution in [0.4, 0.5) is 0 Å². The third-order valence-corrected chi connectivity index (χ3v) is 5.24. The van der Waals surface area contributed by atoms with E-state index in [9.17, 15) is 0 Å². The minimum atomic E-state index is 0.828. The monoisotopic (exact) mass is 380 g/mol. The maximum Gasteiger partial charge on any atom is 0.137 e. The fraction of sp³-hybridized carbons (Fsp3) is 0.368. The summed E-state index contributed by atoms with van der Waals surface area (Å²) in [6.07, 6.45) is 9.84. The molecule has 0 aliphatic carbocycles. The SMILES string of the molecule is Cn1cc(-c2cnc3[nH]cc(C4=CN(CCN5CCOCC5)NN4)c3c2)cn1. The van der Waals surface area contributed by atoms with Crippen LogP contribution in [-0.2, 0) is 11.8 Å². The van der Waals surface area contributed by atoms with Crippen LogP contribution >= 0.6 is 0 Å². The molecule has 2 aliphatic rings. The summed E-state index contributed by atoms with van der Waals surface area (Å²) in [4.78, 5) is 10.3. The van der Waals surface area contributed by atoms with E-state index in [1.54, 1.807) is 4.68 Å². The van der Waals surface area contributed by atoms with E-state index in [1.807, 2.05) is 31.8 Å². The molecule has 1 saturated heterocycles. The van der Waals surface area contributed by atoms with E-state index in [2.05, 4.69) is 48.2 Å². The number of H-pyrrole nitrogens is 1. The Labute approximate surface area is 162 Å². The number of pyridine rings is 1. The summed E-state index contributed by atoms with van der Waals surface area (Å²) in [6.45, 7) is 5.56. The molecular formula is C19H24N8O. The molecule has 5 rings (SSSR count). The highest BCUT2D eigenvalue weighted by molar-refractivity contribution is 5.92. The molecule has 146 valence electrons. The van der Waals surface area contributed by atoms with Gasteiger partial charge in [-0.3, -0.25) is 14.6 Å². The van der Waals surface area contributed by atoms with Gasteiger partial charge in [-0.15, -0.1) is 5.53 Å². The molecule has 0 amide bonds. The lowest BCUT2D eigenvalue weighted by Crippen LogP contribution is -2.44. The summed E-state index contributed by atoms with van der Waals surface area (Å²) in [5.74, 6) is 0. The number of hydrazine groups is 2. The van der Waals surface area contributed by atoms with Crippen LogP contribution in [-0.4, -0.2) is 69.1 Å². The number of nitrogens with zero attached hydrogens (tertiary/aromatic N) is 5. The second-order valence-electron chi connectivity index (χ2n) is 7.15. The van der Waals surface area contributed by atoms with Gasteiger partial charge in [0.2, 0.25) is 0 Å². The maximum absolute atomic E-state index is 5.41. The third kappa shape index (κ3) is 3.35. The highest BCUT2D eigenvalue weighted by atomic mass is 16.5. The molecule has 9 nitrogen and oxygen atoms in total. The summed E-state index contributed by atoms with van der Waals surface area (Å²) >= 11 is 0. The third-order valence-electron chi connectivity index (χ3n) is 5.24. The van der Waals surface area contributed by atoms with E-state index in [1.165, 1.54) is 0 Å². The lowest BCUT2D eigenvalue weighted by atomic mass is 10.1. The number of hydrogen-bond donors (Lipinski definition) is 3. The molecular weight excluding hydrogens is 356 g/mol. The lowest BCUT2D eigenvalue weighted by Gasteiger charge is -2.28. The second-order valence-corrected chi connectivity index (χ2v) is 7.15. The molecule has 0 aromatic carbocycles. The Morgan fingerprint density at radius 3 is 2.86 bits per heavy atom. The van der Waals surface area contributed by atoms with Crippen molar-refractivity contribution in [2.45, 2.75) is 0 Å². The van der Waals surface area contributed by atoms with Gasteiger partial charge in [0.15, 0.2) is 0 Å². The highest BCUT2D eigenvalue weighted by Crippen LogP contribution is 2.28. The zero-order valence-corrected chi connectivity index (χ0v) is 15.9. The molecule has 0 saturated carbocycles. The summed E-state index contributed by atoms with van der Waals surface area (Å²) in [5.41, 5.74) is 11.6. The summed E-state index contributed by atoms with van der Waals surface area (Å²) in [6, 6.07) is 2.16. The van der Waals surface area contributed by atoms with Crippen LogP contribution in [0, 0.1) is 0 Å². The van der Waals surface area contributed by atoms with Crippen molar-refractivity contribution in [2.75, 3.05) is 39.4 Å². The van der Waals surface area contributed by atoms with Gasteiger partial charge in [0.05, 0.1) is 25.1 Å². The quantitative estimate of drug-likeness (QED) is 0.607. The molecule has 2 aliphatic heterocycles. The Morgan fingerprint density at radius 2 is 2.04 bits per heavy atom. The van der Waals surface area contributed by atoms with Gasteiger partial charge < -0.3 is 15.1 Å². The van der Waals surface area contributed by atoms with Crippen LogP contribution in [0.25, 0.3) is 27.9 Å². The van der Waals surface area contributed by atoms with E-state index in [4.69, 9.17) is 4.74 Å². The largest absolute Gasteiger partial charge is 0.379 e. The number of hydrogen-bond acceptors (Lipinski definition) is 7. The first-order valence-corrected chi connectivity index (χ1v) is 9.53. The highest BCUT2D eigenvalue weighted by Gasteiger charge is 2.18. The molecule has 0 unspecified atom stereocenters. The van der Waals surface area contributed by atoms with Crippen LogP contribution < -0.4 is 11.0 Å². The molecule has 0 bridgehead atoms. The van der Waals surface area contributed by atoms with E-state index in [0.29, 0.717) is 0 Å². The second kappa shape index (κ2) is 7.27. The Morgan fingerprint density at radius 1 is 1.14 bits per heavy atom. The Bertz CT molecular complexity index is 1000. The molecule has 0 spiro atoms. The van der Waals surface area contributed by atoms with Gasteiger partial charge in [-0.2, -0.15) is 5.10 Å². The molecule has 28 heavy (non-hydrogen) atoms. The standard InChI is InChI=1S/C19H24N8O/c1-25-12-15(10-22-25)14-8-16-17(11-21-19(16)20-9-14)18-13-27(24-23-18)3-2-26-4-6-28-7-5-26/h8-13,23-24H,2-7H2,1H3,(H,20,21). The summed E-state index contributed by atoms with van der Waals surface area (Å²) in [7, 11) is 1.92. The number of aromatic nitrogens is 4.